The van der Waals surface area contributed by atoms with Gasteiger partial charge in [-0.15, -0.1) is 0 Å². The second-order valence-electron chi connectivity index (χ2n) is 7.48. The standard InChI is InChI=1S/C16H29N3O3/c1-11(17)14(20)18-9-5-6-13(18)10-19(12-7-8-12)15(21)22-16(2,3)4/h11-13H,5-10,17H2,1-4H3. The van der Waals surface area contributed by atoms with Gasteiger partial charge >= 0.3 is 6.09 Å². The van der Waals surface area contributed by atoms with Gasteiger partial charge in [-0.2, -0.15) is 0 Å². The van der Waals surface area contributed by atoms with Crippen LogP contribution in [0.4, 0.5) is 4.79 Å². The molecule has 2 unspecified atom stereocenters. The fourth-order valence-corrected chi connectivity index (χ4v) is 2.88. The van der Waals surface area contributed by atoms with Crippen LogP contribution in [0.3, 0.4) is 0 Å². The lowest BCUT2D eigenvalue weighted by Gasteiger charge is -2.33. The molecule has 0 bridgehead atoms. The van der Waals surface area contributed by atoms with Crippen molar-refractivity contribution in [1.82, 2.24) is 9.80 Å². The number of rotatable bonds is 4. The smallest absolute Gasteiger partial charge is 0.410 e. The van der Waals surface area contributed by atoms with E-state index in [0.717, 1.165) is 32.2 Å². The van der Waals surface area contributed by atoms with Crippen molar-refractivity contribution in [2.45, 2.75) is 77.1 Å². The Morgan fingerprint density at radius 2 is 1.95 bits per heavy atom. The van der Waals surface area contributed by atoms with Crippen molar-refractivity contribution >= 4 is 12.0 Å². The Morgan fingerprint density at radius 1 is 1.32 bits per heavy atom. The van der Waals surface area contributed by atoms with E-state index in [4.69, 9.17) is 10.5 Å². The van der Waals surface area contributed by atoms with Crippen molar-refractivity contribution < 1.29 is 14.3 Å². The highest BCUT2D eigenvalue weighted by atomic mass is 16.6. The number of likely N-dealkylation sites (tertiary alicyclic amines) is 1. The van der Waals surface area contributed by atoms with E-state index >= 15 is 0 Å². The highest BCUT2D eigenvalue weighted by Crippen LogP contribution is 2.30. The molecule has 22 heavy (non-hydrogen) atoms. The number of ether oxygens (including phenoxy) is 1. The molecule has 6 nitrogen and oxygen atoms in total. The molecular weight excluding hydrogens is 282 g/mol. The number of carbonyl (C=O) groups is 2. The lowest BCUT2D eigenvalue weighted by Crippen LogP contribution is -2.50. The lowest BCUT2D eigenvalue weighted by molar-refractivity contribution is -0.133. The number of hydrogen-bond acceptors (Lipinski definition) is 4. The summed E-state index contributed by atoms with van der Waals surface area (Å²) in [6.45, 7) is 8.62. The Balaban J connectivity index is 2.01. The molecule has 126 valence electrons. The van der Waals surface area contributed by atoms with E-state index < -0.39 is 11.6 Å². The summed E-state index contributed by atoms with van der Waals surface area (Å²) in [6.07, 6.45) is 3.66. The van der Waals surface area contributed by atoms with Crippen molar-refractivity contribution in [2.75, 3.05) is 13.1 Å². The number of hydrogen-bond donors (Lipinski definition) is 1. The molecule has 1 aliphatic carbocycles. The van der Waals surface area contributed by atoms with Crippen LogP contribution in [-0.4, -0.2) is 58.6 Å². The predicted molar refractivity (Wildman–Crippen MR) is 84.3 cm³/mol. The summed E-state index contributed by atoms with van der Waals surface area (Å²) in [5.74, 6) is -0.0255. The largest absolute Gasteiger partial charge is 0.444 e. The molecule has 6 heteroatoms. The van der Waals surface area contributed by atoms with Gasteiger partial charge in [0.15, 0.2) is 0 Å². The Bertz CT molecular complexity index is 427. The molecule has 2 amide bonds. The molecule has 2 fully saturated rings. The maximum absolute atomic E-state index is 12.4. The zero-order valence-electron chi connectivity index (χ0n) is 14.2. The first-order chi connectivity index (χ1) is 10.2. The van der Waals surface area contributed by atoms with Gasteiger partial charge in [-0.3, -0.25) is 4.79 Å². The minimum atomic E-state index is -0.499. The van der Waals surface area contributed by atoms with Gasteiger partial charge < -0.3 is 20.3 Å². The summed E-state index contributed by atoms with van der Waals surface area (Å²) >= 11 is 0. The summed E-state index contributed by atoms with van der Waals surface area (Å²) in [5.41, 5.74) is 5.23. The fourth-order valence-electron chi connectivity index (χ4n) is 2.88. The Labute approximate surface area is 132 Å². The van der Waals surface area contributed by atoms with Crippen molar-refractivity contribution in [3.63, 3.8) is 0 Å². The van der Waals surface area contributed by atoms with E-state index in [1.165, 1.54) is 0 Å². The van der Waals surface area contributed by atoms with E-state index in [0.29, 0.717) is 6.54 Å². The van der Waals surface area contributed by atoms with Gasteiger partial charge in [-0.1, -0.05) is 0 Å². The average molecular weight is 311 g/mol. The number of nitrogens with two attached hydrogens (primary N) is 1. The van der Waals surface area contributed by atoms with E-state index in [1.54, 1.807) is 6.92 Å². The van der Waals surface area contributed by atoms with E-state index in [-0.39, 0.29) is 24.1 Å². The van der Waals surface area contributed by atoms with Crippen LogP contribution >= 0.6 is 0 Å². The molecule has 0 aromatic carbocycles. The maximum atomic E-state index is 12.4. The van der Waals surface area contributed by atoms with Crippen molar-refractivity contribution in [1.29, 1.82) is 0 Å². The van der Waals surface area contributed by atoms with Gasteiger partial charge in [0.05, 0.1) is 6.04 Å². The summed E-state index contributed by atoms with van der Waals surface area (Å²) in [4.78, 5) is 28.2. The molecule has 0 aromatic rings. The van der Waals surface area contributed by atoms with Crippen LogP contribution in [0.15, 0.2) is 0 Å². The molecule has 2 atom stereocenters. The Kier molecular flexibility index (Phi) is 5.00. The van der Waals surface area contributed by atoms with Crippen LogP contribution in [0.2, 0.25) is 0 Å². The second kappa shape index (κ2) is 6.44. The minimum Gasteiger partial charge on any atom is -0.444 e. The summed E-state index contributed by atoms with van der Waals surface area (Å²) in [7, 11) is 0. The van der Waals surface area contributed by atoms with Gasteiger partial charge in [-0.25, -0.2) is 4.79 Å². The van der Waals surface area contributed by atoms with E-state index in [1.807, 2.05) is 30.6 Å². The molecule has 1 heterocycles. The number of carbonyl (C=O) groups excluding carboxylic acids is 2. The third kappa shape index (κ3) is 4.35. The molecule has 1 saturated carbocycles. The zero-order chi connectivity index (χ0) is 16.5. The highest BCUT2D eigenvalue weighted by Gasteiger charge is 2.39. The van der Waals surface area contributed by atoms with Gasteiger partial charge in [0.2, 0.25) is 5.91 Å². The maximum Gasteiger partial charge on any atom is 0.410 e. The first-order valence-corrected chi connectivity index (χ1v) is 8.24. The third-order valence-corrected chi connectivity index (χ3v) is 4.07. The third-order valence-electron chi connectivity index (χ3n) is 4.07. The highest BCUT2D eigenvalue weighted by molar-refractivity contribution is 5.81. The molecule has 0 radical (unpaired) electrons. The Morgan fingerprint density at radius 3 is 2.45 bits per heavy atom. The molecule has 1 saturated heterocycles. The molecule has 0 aromatic heterocycles. The number of nitrogens with zero attached hydrogens (tertiary/aromatic N) is 2. The lowest BCUT2D eigenvalue weighted by atomic mass is 10.2. The molecule has 0 spiro atoms. The normalized spacial score (nSPS) is 23.3. The van der Waals surface area contributed by atoms with E-state index in [9.17, 15) is 9.59 Å². The van der Waals surface area contributed by atoms with Crippen LogP contribution in [0.25, 0.3) is 0 Å². The minimum absolute atomic E-state index is 0.0255. The SMILES string of the molecule is CC(N)C(=O)N1CCCC1CN(C(=O)OC(C)(C)C)C1CC1. The van der Waals surface area contributed by atoms with Gasteiger partial charge in [0.25, 0.3) is 0 Å². The summed E-state index contributed by atoms with van der Waals surface area (Å²) in [5, 5.41) is 0. The molecule has 2 aliphatic rings. The van der Waals surface area contributed by atoms with Crippen LogP contribution in [-0.2, 0) is 9.53 Å². The predicted octanol–water partition coefficient (Wildman–Crippen LogP) is 1.72. The molecular formula is C16H29N3O3. The topological polar surface area (TPSA) is 75.9 Å². The molecule has 2 rings (SSSR count). The van der Waals surface area contributed by atoms with E-state index in [2.05, 4.69) is 0 Å². The number of amides is 2. The molecule has 1 aliphatic heterocycles. The fraction of sp³-hybridized carbons (Fsp3) is 0.875. The monoisotopic (exact) mass is 311 g/mol. The van der Waals surface area contributed by atoms with Crippen molar-refractivity contribution in [3.05, 3.63) is 0 Å². The van der Waals surface area contributed by atoms with Gasteiger partial charge in [0.1, 0.15) is 5.60 Å². The van der Waals surface area contributed by atoms with Crippen molar-refractivity contribution in [2.24, 2.45) is 5.73 Å². The van der Waals surface area contributed by atoms with Crippen molar-refractivity contribution in [3.8, 4) is 0 Å². The van der Waals surface area contributed by atoms with Crippen LogP contribution in [0.5, 0.6) is 0 Å². The van der Waals surface area contributed by atoms with Gasteiger partial charge in [0, 0.05) is 25.2 Å². The molecule has 2 N–H and O–H groups in total. The first kappa shape index (κ1) is 17.1. The van der Waals surface area contributed by atoms with Crippen LogP contribution in [0, 0.1) is 0 Å². The summed E-state index contributed by atoms with van der Waals surface area (Å²) in [6, 6.07) is -0.161. The average Bonchev–Trinajstić information content (AvgIpc) is 3.11. The van der Waals surface area contributed by atoms with Crippen LogP contribution < -0.4 is 5.73 Å². The van der Waals surface area contributed by atoms with Crippen LogP contribution in [0.1, 0.15) is 53.4 Å². The quantitative estimate of drug-likeness (QED) is 0.858. The first-order valence-electron chi connectivity index (χ1n) is 8.24. The summed E-state index contributed by atoms with van der Waals surface area (Å²) < 4.78 is 5.51. The zero-order valence-corrected chi connectivity index (χ0v) is 14.2. The Hall–Kier alpha value is -1.30. The van der Waals surface area contributed by atoms with Gasteiger partial charge in [-0.05, 0) is 53.4 Å². The second-order valence-corrected chi connectivity index (χ2v) is 7.48.